The van der Waals surface area contributed by atoms with E-state index in [1.807, 2.05) is 6.92 Å². The Morgan fingerprint density at radius 3 is 2.81 bits per heavy atom. The van der Waals surface area contributed by atoms with Crippen molar-refractivity contribution >= 4 is 39.0 Å². The van der Waals surface area contributed by atoms with E-state index in [0.29, 0.717) is 12.0 Å². The van der Waals surface area contributed by atoms with Crippen LogP contribution in [0.3, 0.4) is 0 Å². The third kappa shape index (κ3) is 3.55. The van der Waals surface area contributed by atoms with E-state index in [9.17, 15) is 13.6 Å². The largest absolute Gasteiger partial charge is 0.465 e. The number of hydrogen-bond donors (Lipinski definition) is 2. The summed E-state index contributed by atoms with van der Waals surface area (Å²) in [5.41, 5.74) is 0.312. The van der Waals surface area contributed by atoms with Crippen LogP contribution in [0.25, 0.3) is 0 Å². The Balaban J connectivity index is 2.41. The van der Waals surface area contributed by atoms with Crippen molar-refractivity contribution in [2.24, 2.45) is 4.99 Å². The lowest BCUT2D eigenvalue weighted by molar-refractivity contribution is 0.200. The number of amides is 1. The molecule has 0 bridgehead atoms. The van der Waals surface area contributed by atoms with E-state index >= 15 is 0 Å². The Bertz CT molecular complexity index is 626. The maximum Gasteiger partial charge on any atom is 0.410 e. The van der Waals surface area contributed by atoms with Gasteiger partial charge in [0.05, 0.1) is 15.3 Å². The molecule has 114 valence electrons. The molecule has 0 aromatic heterocycles. The molecule has 0 fully saturated rings. The lowest BCUT2D eigenvalue weighted by atomic mass is 9.92. The van der Waals surface area contributed by atoms with Crippen LogP contribution in [0.1, 0.15) is 25.8 Å². The summed E-state index contributed by atoms with van der Waals surface area (Å²) in [6, 6.07) is 2.04. The van der Waals surface area contributed by atoms with Gasteiger partial charge in [0.25, 0.3) is 0 Å². The molecule has 21 heavy (non-hydrogen) atoms. The normalized spacial score (nSPS) is 25.4. The molecule has 1 aliphatic rings. The number of benzene rings is 1. The Kier molecular flexibility index (Phi) is 4.57. The summed E-state index contributed by atoms with van der Waals surface area (Å²) in [5.74, 6) is -1.33. The molecule has 0 aliphatic carbocycles. The number of halogens is 3. The van der Waals surface area contributed by atoms with Crippen molar-refractivity contribution in [1.29, 1.82) is 0 Å². The number of rotatable bonds is 1. The first kappa shape index (κ1) is 16.2. The number of thioether (sulfide) groups is 1. The molecule has 0 saturated carbocycles. The van der Waals surface area contributed by atoms with Gasteiger partial charge >= 0.3 is 6.09 Å². The topological polar surface area (TPSA) is 61.7 Å². The second-order valence-corrected chi connectivity index (χ2v) is 7.34. The van der Waals surface area contributed by atoms with Gasteiger partial charge in [0.1, 0.15) is 11.6 Å². The standard InChI is InChI=1S/C13H13BrF2N2O2S/c1-6-5-13(2,21-11(17-6)18-12(19)20)7-3-8(14)10(16)4-9(7)15/h3-4,6H,5H2,1-2H3,(H,17,18)(H,19,20)/t6-,13+/m1/s1. The van der Waals surface area contributed by atoms with Crippen LogP contribution in [-0.2, 0) is 4.75 Å². The van der Waals surface area contributed by atoms with Gasteiger partial charge in [-0.05, 0) is 42.3 Å². The molecule has 0 radical (unpaired) electrons. The quantitative estimate of drug-likeness (QED) is 0.723. The smallest absolute Gasteiger partial charge is 0.410 e. The molecule has 1 aromatic rings. The van der Waals surface area contributed by atoms with E-state index in [1.54, 1.807) is 6.92 Å². The highest BCUT2D eigenvalue weighted by Gasteiger charge is 2.38. The minimum atomic E-state index is -1.22. The third-order valence-corrected chi connectivity index (χ3v) is 4.98. The Hall–Kier alpha value is -1.15. The van der Waals surface area contributed by atoms with Crippen LogP contribution < -0.4 is 5.32 Å². The average Bonchev–Trinajstić information content (AvgIpc) is 2.31. The van der Waals surface area contributed by atoms with Gasteiger partial charge in [0.2, 0.25) is 0 Å². The highest BCUT2D eigenvalue weighted by atomic mass is 79.9. The number of carboxylic acid groups (broad SMARTS) is 1. The first-order valence-corrected chi connectivity index (χ1v) is 7.74. The minimum Gasteiger partial charge on any atom is -0.465 e. The molecule has 8 heteroatoms. The molecule has 1 aromatic carbocycles. The van der Waals surface area contributed by atoms with Crippen molar-refractivity contribution < 1.29 is 18.7 Å². The molecule has 4 nitrogen and oxygen atoms in total. The van der Waals surface area contributed by atoms with Crippen LogP contribution in [0.4, 0.5) is 13.6 Å². The van der Waals surface area contributed by atoms with Crippen LogP contribution in [0, 0.1) is 11.6 Å². The Labute approximate surface area is 133 Å². The van der Waals surface area contributed by atoms with Crippen LogP contribution >= 0.6 is 27.7 Å². The second-order valence-electron chi connectivity index (χ2n) is 5.00. The number of carbonyl (C=O) groups is 1. The number of amidine groups is 1. The maximum atomic E-state index is 14.1. The first-order valence-electron chi connectivity index (χ1n) is 6.13. The van der Waals surface area contributed by atoms with Crippen molar-refractivity contribution in [2.45, 2.75) is 31.1 Å². The van der Waals surface area contributed by atoms with Crippen LogP contribution in [-0.4, -0.2) is 22.4 Å². The molecule has 1 aliphatic heterocycles. The van der Waals surface area contributed by atoms with Gasteiger partial charge in [-0.3, -0.25) is 10.3 Å². The zero-order valence-corrected chi connectivity index (χ0v) is 13.7. The zero-order valence-electron chi connectivity index (χ0n) is 11.3. The van der Waals surface area contributed by atoms with Crippen LogP contribution in [0.15, 0.2) is 21.6 Å². The first-order chi connectivity index (χ1) is 9.71. The van der Waals surface area contributed by atoms with Gasteiger partial charge in [-0.15, -0.1) is 0 Å². The second kappa shape index (κ2) is 5.92. The van der Waals surface area contributed by atoms with Gasteiger partial charge in [-0.1, -0.05) is 11.8 Å². The van der Waals surface area contributed by atoms with Crippen molar-refractivity contribution in [3.05, 3.63) is 33.8 Å². The lowest BCUT2D eigenvalue weighted by Gasteiger charge is -2.35. The molecular formula is C13H13BrF2N2O2S. The van der Waals surface area contributed by atoms with E-state index in [0.717, 1.165) is 17.8 Å². The Morgan fingerprint density at radius 2 is 2.19 bits per heavy atom. The van der Waals surface area contributed by atoms with E-state index < -0.39 is 22.5 Å². The fourth-order valence-corrected chi connectivity index (χ4v) is 4.06. The number of nitrogens with one attached hydrogen (secondary N) is 1. The Morgan fingerprint density at radius 1 is 1.52 bits per heavy atom. The minimum absolute atomic E-state index is 0.170. The van der Waals surface area contributed by atoms with E-state index in [-0.39, 0.29) is 15.7 Å². The highest BCUT2D eigenvalue weighted by molar-refractivity contribution is 9.10. The summed E-state index contributed by atoms with van der Waals surface area (Å²) in [4.78, 5) is 14.9. The van der Waals surface area contributed by atoms with Gasteiger partial charge in [-0.25, -0.2) is 13.6 Å². The molecule has 0 spiro atoms. The number of aliphatic imine (C=N–C) groups is 1. The molecule has 2 rings (SSSR count). The predicted octanol–water partition coefficient (Wildman–Crippen LogP) is 4.09. The molecule has 1 amide bonds. The van der Waals surface area contributed by atoms with Crippen LogP contribution in [0.5, 0.6) is 0 Å². The van der Waals surface area contributed by atoms with Crippen molar-refractivity contribution in [2.75, 3.05) is 0 Å². The monoisotopic (exact) mass is 378 g/mol. The summed E-state index contributed by atoms with van der Waals surface area (Å²) >= 11 is 4.17. The summed E-state index contributed by atoms with van der Waals surface area (Å²) in [7, 11) is 0. The fourth-order valence-electron chi connectivity index (χ4n) is 2.33. The highest BCUT2D eigenvalue weighted by Crippen LogP contribution is 2.46. The fraction of sp³-hybridized carbons (Fsp3) is 0.385. The molecular weight excluding hydrogens is 366 g/mol. The van der Waals surface area contributed by atoms with E-state index in [4.69, 9.17) is 5.11 Å². The van der Waals surface area contributed by atoms with Crippen molar-refractivity contribution in [3.63, 3.8) is 0 Å². The maximum absolute atomic E-state index is 14.1. The van der Waals surface area contributed by atoms with Crippen molar-refractivity contribution in [1.82, 2.24) is 5.32 Å². The average molecular weight is 379 g/mol. The zero-order chi connectivity index (χ0) is 15.8. The van der Waals surface area contributed by atoms with Crippen molar-refractivity contribution in [3.8, 4) is 0 Å². The SMILES string of the molecule is C[C@@H]1C[C@@](C)(c2cc(Br)c(F)cc2F)SC(NC(=O)O)=N1. The third-order valence-electron chi connectivity index (χ3n) is 3.14. The molecule has 0 saturated heterocycles. The summed E-state index contributed by atoms with van der Waals surface area (Å²) in [5, 5.41) is 11.2. The molecule has 1 heterocycles. The lowest BCUT2D eigenvalue weighted by Crippen LogP contribution is -2.37. The number of hydrogen-bond acceptors (Lipinski definition) is 3. The van der Waals surface area contributed by atoms with E-state index in [1.165, 1.54) is 6.07 Å². The van der Waals surface area contributed by atoms with Gasteiger partial charge in [0, 0.05) is 11.6 Å². The molecule has 0 unspecified atom stereocenters. The van der Waals surface area contributed by atoms with Crippen LogP contribution in [0.2, 0.25) is 0 Å². The summed E-state index contributed by atoms with van der Waals surface area (Å²) in [6.45, 7) is 3.60. The molecule has 2 atom stereocenters. The number of nitrogens with zero attached hydrogens (tertiary/aromatic N) is 1. The van der Waals surface area contributed by atoms with Gasteiger partial charge < -0.3 is 5.11 Å². The summed E-state index contributed by atoms with van der Waals surface area (Å²) < 4.78 is 26.9. The van der Waals surface area contributed by atoms with Gasteiger partial charge in [-0.2, -0.15) is 0 Å². The predicted molar refractivity (Wildman–Crippen MR) is 81.7 cm³/mol. The van der Waals surface area contributed by atoms with Gasteiger partial charge in [0.15, 0.2) is 5.17 Å². The van der Waals surface area contributed by atoms with E-state index in [2.05, 4.69) is 26.2 Å². The summed E-state index contributed by atoms with van der Waals surface area (Å²) in [6.07, 6.45) is -0.712. The molecule has 2 N–H and O–H groups in total.